The van der Waals surface area contributed by atoms with Crippen LogP contribution in [0.5, 0.6) is 5.75 Å². The number of rotatable bonds is 9. The van der Waals surface area contributed by atoms with E-state index in [0.717, 1.165) is 40.0 Å². The second kappa shape index (κ2) is 9.80. The van der Waals surface area contributed by atoms with E-state index in [2.05, 4.69) is 10.3 Å². The van der Waals surface area contributed by atoms with Crippen LogP contribution in [0.15, 0.2) is 72.3 Å². The highest BCUT2D eigenvalue weighted by atomic mass is 32.2. The number of hydrogen-bond donors (Lipinski definition) is 1. The molecule has 2 heterocycles. The minimum absolute atomic E-state index is 0.308. The maximum Gasteiger partial charge on any atom is 0.167 e. The van der Waals surface area contributed by atoms with Crippen molar-refractivity contribution in [3.8, 4) is 22.7 Å². The fourth-order valence-corrected chi connectivity index (χ4v) is 4.05. The fraction of sp³-hybridized carbons (Fsp3) is 0.217. The quantitative estimate of drug-likeness (QED) is 0.313. The highest BCUT2D eigenvalue weighted by Gasteiger charge is 2.14. The summed E-state index contributed by atoms with van der Waals surface area (Å²) in [6, 6.07) is 14.4. The van der Waals surface area contributed by atoms with E-state index in [-0.39, 0.29) is 5.82 Å². The molecule has 0 saturated heterocycles. The Morgan fingerprint density at radius 3 is 2.65 bits per heavy atom. The first-order valence-corrected chi connectivity index (χ1v) is 10.9. The molecule has 0 atom stereocenters. The summed E-state index contributed by atoms with van der Waals surface area (Å²) in [5.74, 6) is 1.37. The van der Waals surface area contributed by atoms with Crippen LogP contribution < -0.4 is 10.1 Å². The van der Waals surface area contributed by atoms with Gasteiger partial charge in [-0.05, 0) is 36.4 Å². The van der Waals surface area contributed by atoms with Crippen LogP contribution in [0.3, 0.4) is 0 Å². The molecule has 4 rings (SSSR count). The van der Waals surface area contributed by atoms with Crippen LogP contribution in [0.25, 0.3) is 16.9 Å². The zero-order valence-corrected chi connectivity index (χ0v) is 18.3. The van der Waals surface area contributed by atoms with Crippen LogP contribution in [0, 0.1) is 5.82 Å². The monoisotopic (exact) mass is 437 g/mol. The Morgan fingerprint density at radius 1 is 1.13 bits per heavy atom. The van der Waals surface area contributed by atoms with E-state index >= 15 is 0 Å². The van der Waals surface area contributed by atoms with Gasteiger partial charge in [-0.15, -0.1) is 0 Å². The van der Waals surface area contributed by atoms with Gasteiger partial charge in [-0.2, -0.15) is 5.10 Å². The molecule has 0 spiro atoms. The maximum atomic E-state index is 14.3. The molecule has 31 heavy (non-hydrogen) atoms. The van der Waals surface area contributed by atoms with Crippen LogP contribution in [0.4, 0.5) is 4.39 Å². The molecule has 0 fully saturated rings. The molecule has 0 saturated carbocycles. The van der Waals surface area contributed by atoms with Crippen LogP contribution in [-0.2, 0) is 13.6 Å². The zero-order valence-electron chi connectivity index (χ0n) is 17.5. The van der Waals surface area contributed by atoms with Crippen LogP contribution >= 0.6 is 11.8 Å². The van der Waals surface area contributed by atoms with Gasteiger partial charge in [0.1, 0.15) is 17.3 Å². The molecule has 2 aromatic heterocycles. The third-order valence-electron chi connectivity index (χ3n) is 4.86. The third-order valence-corrected chi connectivity index (χ3v) is 5.92. The van der Waals surface area contributed by atoms with Crippen molar-refractivity contribution in [2.45, 2.75) is 11.7 Å². The normalized spacial score (nSPS) is 11.1. The molecule has 1 N–H and O–H groups in total. The fourth-order valence-electron chi connectivity index (χ4n) is 3.22. The molecule has 0 aliphatic heterocycles. The summed E-state index contributed by atoms with van der Waals surface area (Å²) < 4.78 is 23.2. The van der Waals surface area contributed by atoms with Crippen LogP contribution in [-0.4, -0.2) is 38.7 Å². The second-order valence-electron chi connectivity index (χ2n) is 6.97. The number of halogens is 1. The molecule has 0 aliphatic rings. The molecule has 2 aromatic carbocycles. The molecule has 0 radical (unpaired) electrons. The van der Waals surface area contributed by atoms with Gasteiger partial charge >= 0.3 is 0 Å². The van der Waals surface area contributed by atoms with Gasteiger partial charge in [0.15, 0.2) is 5.16 Å². The standard InChI is InChI=1S/C23H24FN5OS/c1-28-13-11-26-23(28)31-14-12-25-15-18-16-29(21-6-4-3-5-20(21)24)27-22(18)17-7-9-19(30-2)10-8-17/h3-11,13,16,25H,12,14-15H2,1-2H3. The lowest BCUT2D eigenvalue weighted by atomic mass is 10.1. The summed E-state index contributed by atoms with van der Waals surface area (Å²) in [4.78, 5) is 4.32. The molecule has 160 valence electrons. The highest BCUT2D eigenvalue weighted by Crippen LogP contribution is 2.26. The Labute approximate surface area is 185 Å². The molecule has 0 amide bonds. The second-order valence-corrected chi connectivity index (χ2v) is 8.04. The van der Waals surface area contributed by atoms with Crippen molar-refractivity contribution in [3.63, 3.8) is 0 Å². The predicted octanol–water partition coefficient (Wildman–Crippen LogP) is 4.30. The Morgan fingerprint density at radius 2 is 1.94 bits per heavy atom. The Kier molecular flexibility index (Phi) is 6.69. The molecule has 4 aromatic rings. The predicted molar refractivity (Wildman–Crippen MR) is 121 cm³/mol. The largest absolute Gasteiger partial charge is 0.497 e. The molecule has 0 aliphatic carbocycles. The summed E-state index contributed by atoms with van der Waals surface area (Å²) in [7, 11) is 3.63. The number of aryl methyl sites for hydroxylation is 1. The van der Waals surface area contributed by atoms with Crippen molar-refractivity contribution in [1.29, 1.82) is 0 Å². The number of aromatic nitrogens is 4. The van der Waals surface area contributed by atoms with E-state index in [1.807, 2.05) is 48.3 Å². The Balaban J connectivity index is 1.51. The van der Waals surface area contributed by atoms with Gasteiger partial charge in [-0.3, -0.25) is 0 Å². The van der Waals surface area contributed by atoms with Crippen molar-refractivity contribution in [1.82, 2.24) is 24.6 Å². The first kappa shape index (κ1) is 21.1. The van der Waals surface area contributed by atoms with Crippen molar-refractivity contribution < 1.29 is 9.13 Å². The van der Waals surface area contributed by atoms with Gasteiger partial charge in [0.05, 0.1) is 12.8 Å². The lowest BCUT2D eigenvalue weighted by Gasteiger charge is -2.06. The van der Waals surface area contributed by atoms with E-state index in [0.29, 0.717) is 12.2 Å². The number of imidazole rings is 1. The van der Waals surface area contributed by atoms with E-state index in [4.69, 9.17) is 9.84 Å². The average Bonchev–Trinajstić information content (AvgIpc) is 3.40. The molecule has 0 bridgehead atoms. The molecular formula is C23H24FN5OS. The highest BCUT2D eigenvalue weighted by molar-refractivity contribution is 7.99. The number of benzene rings is 2. The van der Waals surface area contributed by atoms with Gasteiger partial charge in [0.25, 0.3) is 0 Å². The molecule has 8 heteroatoms. The van der Waals surface area contributed by atoms with E-state index in [1.165, 1.54) is 6.07 Å². The van der Waals surface area contributed by atoms with Gasteiger partial charge in [0.2, 0.25) is 0 Å². The first-order chi connectivity index (χ1) is 15.2. The zero-order chi connectivity index (χ0) is 21.6. The van der Waals surface area contributed by atoms with Gasteiger partial charge < -0.3 is 14.6 Å². The number of methoxy groups -OCH3 is 1. The Hall–Kier alpha value is -3.10. The van der Waals surface area contributed by atoms with Crippen LogP contribution in [0.2, 0.25) is 0 Å². The van der Waals surface area contributed by atoms with Crippen molar-refractivity contribution in [2.24, 2.45) is 7.05 Å². The SMILES string of the molecule is COc1ccc(-c2nn(-c3ccccc3F)cc2CNCCSc2nccn2C)cc1. The molecular weight excluding hydrogens is 413 g/mol. The topological polar surface area (TPSA) is 56.9 Å². The van der Waals surface area contributed by atoms with Crippen LogP contribution in [0.1, 0.15) is 5.56 Å². The lowest BCUT2D eigenvalue weighted by molar-refractivity contribution is 0.415. The third kappa shape index (κ3) is 4.98. The van der Waals surface area contributed by atoms with Gasteiger partial charge in [-0.25, -0.2) is 14.1 Å². The minimum atomic E-state index is -0.308. The van der Waals surface area contributed by atoms with Gasteiger partial charge in [0, 0.05) is 55.6 Å². The van der Waals surface area contributed by atoms with E-state index in [9.17, 15) is 4.39 Å². The summed E-state index contributed by atoms with van der Waals surface area (Å²) in [6.07, 6.45) is 5.62. The molecule has 6 nitrogen and oxygen atoms in total. The van der Waals surface area contributed by atoms with Crippen molar-refractivity contribution >= 4 is 11.8 Å². The number of para-hydroxylation sites is 1. The number of hydrogen-bond acceptors (Lipinski definition) is 5. The smallest absolute Gasteiger partial charge is 0.167 e. The van der Waals surface area contributed by atoms with Crippen molar-refractivity contribution in [2.75, 3.05) is 19.4 Å². The maximum absolute atomic E-state index is 14.3. The average molecular weight is 438 g/mol. The summed E-state index contributed by atoms with van der Waals surface area (Å²) in [6.45, 7) is 1.43. The van der Waals surface area contributed by atoms with E-state index < -0.39 is 0 Å². The number of ether oxygens (including phenoxy) is 1. The minimum Gasteiger partial charge on any atom is -0.497 e. The summed E-state index contributed by atoms with van der Waals surface area (Å²) in [5.41, 5.74) is 3.19. The lowest BCUT2D eigenvalue weighted by Crippen LogP contribution is -2.17. The number of thioether (sulfide) groups is 1. The van der Waals surface area contributed by atoms with Crippen molar-refractivity contribution in [3.05, 3.63) is 78.5 Å². The number of nitrogens with one attached hydrogen (secondary N) is 1. The number of nitrogens with zero attached hydrogens (tertiary/aromatic N) is 4. The van der Waals surface area contributed by atoms with E-state index in [1.54, 1.807) is 47.9 Å². The molecule has 0 unspecified atom stereocenters. The summed E-state index contributed by atoms with van der Waals surface area (Å²) >= 11 is 1.70. The first-order valence-electron chi connectivity index (χ1n) is 9.94. The van der Waals surface area contributed by atoms with Gasteiger partial charge in [-0.1, -0.05) is 23.9 Å². The summed E-state index contributed by atoms with van der Waals surface area (Å²) in [5, 5.41) is 9.16. The Bertz CT molecular complexity index is 1140.